The van der Waals surface area contributed by atoms with E-state index in [1.54, 1.807) is 42.5 Å². The number of nitrogens with zero attached hydrogens (tertiary/aromatic N) is 1. The third-order valence-corrected chi connectivity index (χ3v) is 5.16. The van der Waals surface area contributed by atoms with Crippen molar-refractivity contribution in [1.29, 1.82) is 0 Å². The molecule has 0 saturated carbocycles. The summed E-state index contributed by atoms with van der Waals surface area (Å²) in [4.78, 5) is 52.1. The number of nitrogens with two attached hydrogens (primary N) is 1. The van der Waals surface area contributed by atoms with E-state index in [9.17, 15) is 19.2 Å². The number of rotatable bonds is 6. The number of nitrogens with one attached hydrogen (secondary N) is 1. The van der Waals surface area contributed by atoms with Gasteiger partial charge in [0.05, 0.1) is 22.4 Å². The standard InChI is InChI=1S/C24H19N3O4/c25-21(28)18-12-6-7-13-19(18)26-22(29)20(14-15-8-2-1-3-9-15)27-23(30)16-10-4-5-11-17(16)24(27)31/h1-13,20H,14H2,(H2,25,28)(H,26,29). The van der Waals surface area contributed by atoms with Crippen molar-refractivity contribution in [2.45, 2.75) is 12.5 Å². The summed E-state index contributed by atoms with van der Waals surface area (Å²) in [5.74, 6) is -2.34. The highest BCUT2D eigenvalue weighted by molar-refractivity contribution is 6.23. The zero-order chi connectivity index (χ0) is 22.0. The molecule has 0 fully saturated rings. The molecule has 0 spiro atoms. The molecule has 0 aromatic heterocycles. The van der Waals surface area contributed by atoms with Crippen LogP contribution in [-0.4, -0.2) is 34.6 Å². The largest absolute Gasteiger partial charge is 0.366 e. The Hall–Kier alpha value is -4.26. The van der Waals surface area contributed by atoms with Gasteiger partial charge >= 0.3 is 0 Å². The fourth-order valence-corrected chi connectivity index (χ4v) is 3.65. The monoisotopic (exact) mass is 413 g/mol. The zero-order valence-electron chi connectivity index (χ0n) is 16.4. The van der Waals surface area contributed by atoms with Crippen molar-refractivity contribution < 1.29 is 19.2 Å². The lowest BCUT2D eigenvalue weighted by atomic mass is 10.0. The number of carbonyl (C=O) groups is 4. The van der Waals surface area contributed by atoms with Gasteiger partial charge in [-0.3, -0.25) is 24.1 Å². The topological polar surface area (TPSA) is 110 Å². The molecular weight excluding hydrogens is 394 g/mol. The fraction of sp³-hybridized carbons (Fsp3) is 0.0833. The summed E-state index contributed by atoms with van der Waals surface area (Å²) in [6.45, 7) is 0. The third kappa shape index (κ3) is 3.81. The van der Waals surface area contributed by atoms with Crippen molar-refractivity contribution in [3.05, 3.63) is 101 Å². The van der Waals surface area contributed by atoms with Crippen LogP contribution in [0.25, 0.3) is 0 Å². The minimum Gasteiger partial charge on any atom is -0.366 e. The number of hydrogen-bond donors (Lipinski definition) is 2. The molecule has 1 heterocycles. The SMILES string of the molecule is NC(=O)c1ccccc1NC(=O)C(Cc1ccccc1)N1C(=O)c2ccccc2C1=O. The second-order valence-electron chi connectivity index (χ2n) is 7.13. The number of hydrogen-bond acceptors (Lipinski definition) is 4. The summed E-state index contributed by atoms with van der Waals surface area (Å²) in [5.41, 5.74) is 7.06. The molecule has 0 saturated heterocycles. The van der Waals surface area contributed by atoms with Crippen LogP contribution >= 0.6 is 0 Å². The number of imide groups is 1. The highest BCUT2D eigenvalue weighted by Gasteiger charge is 2.42. The van der Waals surface area contributed by atoms with E-state index in [0.29, 0.717) is 0 Å². The molecule has 1 aliphatic rings. The Bertz CT molecular complexity index is 1160. The zero-order valence-corrected chi connectivity index (χ0v) is 16.4. The van der Waals surface area contributed by atoms with E-state index in [2.05, 4.69) is 5.32 Å². The van der Waals surface area contributed by atoms with Crippen LogP contribution in [0.1, 0.15) is 36.6 Å². The van der Waals surface area contributed by atoms with Crippen molar-refractivity contribution >= 4 is 29.3 Å². The van der Waals surface area contributed by atoms with Gasteiger partial charge in [-0.2, -0.15) is 0 Å². The van der Waals surface area contributed by atoms with E-state index in [1.165, 1.54) is 6.07 Å². The van der Waals surface area contributed by atoms with Crippen molar-refractivity contribution in [3.63, 3.8) is 0 Å². The second kappa shape index (κ2) is 8.23. The third-order valence-electron chi connectivity index (χ3n) is 5.16. The van der Waals surface area contributed by atoms with Crippen LogP contribution in [0, 0.1) is 0 Å². The lowest BCUT2D eigenvalue weighted by Crippen LogP contribution is -2.48. The summed E-state index contributed by atoms with van der Waals surface area (Å²) < 4.78 is 0. The molecule has 4 amide bonds. The number of carbonyl (C=O) groups excluding carboxylic acids is 4. The van der Waals surface area contributed by atoms with Crippen LogP contribution in [0.15, 0.2) is 78.9 Å². The van der Waals surface area contributed by atoms with Gasteiger partial charge in [-0.1, -0.05) is 54.6 Å². The predicted octanol–water partition coefficient (Wildman–Crippen LogP) is 2.63. The number of fused-ring (bicyclic) bond motifs is 1. The molecule has 1 aliphatic heterocycles. The van der Waals surface area contributed by atoms with E-state index in [0.717, 1.165) is 10.5 Å². The molecule has 1 atom stereocenters. The lowest BCUT2D eigenvalue weighted by Gasteiger charge is -2.26. The normalized spacial score (nSPS) is 13.6. The van der Waals surface area contributed by atoms with Crippen molar-refractivity contribution in [2.75, 3.05) is 5.32 Å². The number of para-hydroxylation sites is 1. The molecule has 4 rings (SSSR count). The minimum atomic E-state index is -1.12. The van der Waals surface area contributed by atoms with Crippen LogP contribution in [0.2, 0.25) is 0 Å². The Balaban J connectivity index is 1.71. The molecule has 7 nitrogen and oxygen atoms in total. The number of primary amides is 1. The summed E-state index contributed by atoms with van der Waals surface area (Å²) in [7, 11) is 0. The minimum absolute atomic E-state index is 0.122. The molecule has 154 valence electrons. The summed E-state index contributed by atoms with van der Waals surface area (Å²) in [6.07, 6.45) is 0.122. The maximum absolute atomic E-state index is 13.3. The molecule has 3 N–H and O–H groups in total. The summed E-state index contributed by atoms with van der Waals surface area (Å²) in [6, 6.07) is 20.8. The number of amides is 4. The quantitative estimate of drug-likeness (QED) is 0.606. The Morgan fingerprint density at radius 1 is 0.806 bits per heavy atom. The van der Waals surface area contributed by atoms with Gasteiger partial charge in [-0.05, 0) is 29.8 Å². The molecular formula is C24H19N3O4. The van der Waals surface area contributed by atoms with Gasteiger partial charge in [0.1, 0.15) is 6.04 Å². The van der Waals surface area contributed by atoms with E-state index < -0.39 is 29.7 Å². The van der Waals surface area contributed by atoms with Gasteiger partial charge in [0.15, 0.2) is 0 Å². The van der Waals surface area contributed by atoms with Crippen molar-refractivity contribution in [2.24, 2.45) is 5.73 Å². The molecule has 0 aliphatic carbocycles. The van der Waals surface area contributed by atoms with E-state index in [-0.39, 0.29) is 28.8 Å². The fourth-order valence-electron chi connectivity index (χ4n) is 3.65. The van der Waals surface area contributed by atoms with Crippen LogP contribution in [0.3, 0.4) is 0 Å². The maximum Gasteiger partial charge on any atom is 0.262 e. The van der Waals surface area contributed by atoms with Crippen LogP contribution < -0.4 is 11.1 Å². The molecule has 0 radical (unpaired) electrons. The van der Waals surface area contributed by atoms with Gasteiger partial charge in [0.25, 0.3) is 17.7 Å². The van der Waals surface area contributed by atoms with E-state index in [1.807, 2.05) is 30.3 Å². The highest BCUT2D eigenvalue weighted by atomic mass is 16.2. The molecule has 0 bridgehead atoms. The average Bonchev–Trinajstić information content (AvgIpc) is 3.03. The van der Waals surface area contributed by atoms with Gasteiger partial charge in [-0.25, -0.2) is 0 Å². The average molecular weight is 413 g/mol. The maximum atomic E-state index is 13.3. The van der Waals surface area contributed by atoms with E-state index >= 15 is 0 Å². The molecule has 31 heavy (non-hydrogen) atoms. The first-order valence-electron chi connectivity index (χ1n) is 9.68. The first-order valence-corrected chi connectivity index (χ1v) is 9.68. The lowest BCUT2D eigenvalue weighted by molar-refractivity contribution is -0.119. The Kier molecular flexibility index (Phi) is 5.32. The summed E-state index contributed by atoms with van der Waals surface area (Å²) in [5, 5.41) is 2.67. The van der Waals surface area contributed by atoms with Gasteiger partial charge < -0.3 is 11.1 Å². The van der Waals surface area contributed by atoms with Crippen LogP contribution in [0.4, 0.5) is 5.69 Å². The molecule has 3 aromatic rings. The predicted molar refractivity (Wildman–Crippen MR) is 114 cm³/mol. The smallest absolute Gasteiger partial charge is 0.262 e. The summed E-state index contributed by atoms with van der Waals surface area (Å²) >= 11 is 0. The Labute approximate surface area is 178 Å². The molecule has 7 heteroatoms. The van der Waals surface area contributed by atoms with Crippen LogP contribution in [-0.2, 0) is 11.2 Å². The van der Waals surface area contributed by atoms with Gasteiger partial charge in [0, 0.05) is 6.42 Å². The number of benzene rings is 3. The van der Waals surface area contributed by atoms with Crippen molar-refractivity contribution in [1.82, 2.24) is 4.90 Å². The van der Waals surface area contributed by atoms with Crippen LogP contribution in [0.5, 0.6) is 0 Å². The Morgan fingerprint density at radius 2 is 1.35 bits per heavy atom. The second-order valence-corrected chi connectivity index (χ2v) is 7.13. The first kappa shape index (κ1) is 20.0. The number of anilines is 1. The first-order chi connectivity index (χ1) is 15.0. The molecule has 3 aromatic carbocycles. The van der Waals surface area contributed by atoms with Crippen molar-refractivity contribution in [3.8, 4) is 0 Å². The Morgan fingerprint density at radius 3 is 1.97 bits per heavy atom. The molecule has 1 unspecified atom stereocenters. The highest BCUT2D eigenvalue weighted by Crippen LogP contribution is 2.27. The van der Waals surface area contributed by atoms with E-state index in [4.69, 9.17) is 5.73 Å². The van der Waals surface area contributed by atoms with Gasteiger partial charge in [0.2, 0.25) is 5.91 Å². The van der Waals surface area contributed by atoms with Gasteiger partial charge in [-0.15, -0.1) is 0 Å².